The Hall–Kier alpha value is -3.56. The summed E-state index contributed by atoms with van der Waals surface area (Å²) in [7, 11) is 3.55. The van der Waals surface area contributed by atoms with Crippen LogP contribution in [0.3, 0.4) is 0 Å². The number of aromatic nitrogens is 4. The van der Waals surface area contributed by atoms with Crippen molar-refractivity contribution in [1.29, 1.82) is 0 Å². The maximum absolute atomic E-state index is 12.5. The third kappa shape index (κ3) is 5.98. The first-order valence-corrected chi connectivity index (χ1v) is 12.2. The average Bonchev–Trinajstić information content (AvgIpc) is 3.35. The highest BCUT2D eigenvalue weighted by Crippen LogP contribution is 2.32. The molecule has 0 unspecified atom stereocenters. The number of ether oxygens (including phenoxy) is 1. The van der Waals surface area contributed by atoms with Gasteiger partial charge in [-0.25, -0.2) is 4.98 Å². The fourth-order valence-electron chi connectivity index (χ4n) is 4.26. The lowest BCUT2D eigenvalue weighted by Gasteiger charge is -2.27. The van der Waals surface area contributed by atoms with E-state index in [4.69, 9.17) is 9.72 Å². The Balaban J connectivity index is 1.75. The molecule has 0 N–H and O–H groups in total. The highest BCUT2D eigenvalue weighted by Gasteiger charge is 2.15. The van der Waals surface area contributed by atoms with Crippen LogP contribution in [0, 0.1) is 0 Å². The minimum atomic E-state index is 0.0192. The van der Waals surface area contributed by atoms with Crippen molar-refractivity contribution in [3.63, 3.8) is 0 Å². The molecule has 190 valence electrons. The van der Waals surface area contributed by atoms with Crippen LogP contribution in [0.4, 0.5) is 15.9 Å². The monoisotopic (exact) mass is 492 g/mol. The predicted octanol–water partition coefficient (Wildman–Crippen LogP) is 5.31. The standard InChI is InChI=1S/C27H33FN6O2/c1-5-33(6-2)18-20-12-23(14-24(13-20)35-4)34(10-7-11-36-28)22-8-9-25-26(15-22)31-27(17-29-25)21-16-30-32(3)19-21/h8-9,12-17,19H,5-7,10-11,18H2,1-4H3. The first kappa shape index (κ1) is 25.5. The van der Waals surface area contributed by atoms with E-state index in [1.165, 1.54) is 0 Å². The molecular weight excluding hydrogens is 459 g/mol. The second kappa shape index (κ2) is 11.9. The Morgan fingerprint density at radius 3 is 2.53 bits per heavy atom. The van der Waals surface area contributed by atoms with Crippen molar-refractivity contribution in [3.05, 3.63) is 60.6 Å². The Labute approximate surface area is 211 Å². The van der Waals surface area contributed by atoms with E-state index in [2.05, 4.69) is 50.8 Å². The highest BCUT2D eigenvalue weighted by molar-refractivity contribution is 5.82. The van der Waals surface area contributed by atoms with Gasteiger partial charge in [0.2, 0.25) is 0 Å². The average molecular weight is 493 g/mol. The highest BCUT2D eigenvalue weighted by atomic mass is 19.3. The van der Waals surface area contributed by atoms with Gasteiger partial charge in [-0.2, -0.15) is 10.0 Å². The zero-order valence-corrected chi connectivity index (χ0v) is 21.3. The molecular formula is C27H33FN6O2. The minimum absolute atomic E-state index is 0.0192. The molecule has 2 heterocycles. The molecule has 2 aromatic carbocycles. The van der Waals surface area contributed by atoms with Crippen LogP contribution in [0.2, 0.25) is 0 Å². The van der Waals surface area contributed by atoms with Crippen LogP contribution < -0.4 is 9.64 Å². The molecule has 0 fully saturated rings. The van der Waals surface area contributed by atoms with Crippen LogP contribution in [-0.2, 0) is 18.5 Å². The summed E-state index contributed by atoms with van der Waals surface area (Å²) in [6, 6.07) is 12.2. The van der Waals surface area contributed by atoms with Crippen molar-refractivity contribution in [2.24, 2.45) is 7.05 Å². The number of nitrogens with zero attached hydrogens (tertiary/aromatic N) is 6. The Bertz CT molecular complexity index is 1290. The van der Waals surface area contributed by atoms with Gasteiger partial charge in [-0.05, 0) is 59.9 Å². The number of hydrogen-bond acceptors (Lipinski definition) is 7. The molecule has 2 aromatic heterocycles. The summed E-state index contributed by atoms with van der Waals surface area (Å²) < 4.78 is 19.9. The van der Waals surface area contributed by atoms with E-state index in [0.717, 1.165) is 64.6 Å². The van der Waals surface area contributed by atoms with Gasteiger partial charge in [0.25, 0.3) is 0 Å². The fraction of sp³-hybridized carbons (Fsp3) is 0.370. The Morgan fingerprint density at radius 1 is 1.00 bits per heavy atom. The van der Waals surface area contributed by atoms with Gasteiger partial charge in [0.1, 0.15) is 5.75 Å². The molecule has 0 radical (unpaired) electrons. The lowest BCUT2D eigenvalue weighted by molar-refractivity contribution is -0.132. The molecule has 0 bridgehead atoms. The number of hydrogen-bond donors (Lipinski definition) is 0. The molecule has 0 saturated carbocycles. The van der Waals surface area contributed by atoms with Crippen LogP contribution in [0.15, 0.2) is 55.0 Å². The molecule has 9 heteroatoms. The number of anilines is 2. The molecule has 0 saturated heterocycles. The molecule has 0 amide bonds. The SMILES string of the molecule is CCN(CC)Cc1cc(OC)cc(N(CCCOF)c2ccc3ncc(-c4cnn(C)c4)nc3c2)c1. The van der Waals surface area contributed by atoms with Crippen LogP contribution in [0.1, 0.15) is 25.8 Å². The van der Waals surface area contributed by atoms with E-state index in [9.17, 15) is 4.53 Å². The number of halogens is 1. The summed E-state index contributed by atoms with van der Waals surface area (Å²) in [5.74, 6) is 0.779. The molecule has 0 aliphatic carbocycles. The third-order valence-electron chi connectivity index (χ3n) is 6.24. The molecule has 4 rings (SSSR count). The van der Waals surface area contributed by atoms with Gasteiger partial charge in [-0.1, -0.05) is 13.8 Å². The summed E-state index contributed by atoms with van der Waals surface area (Å²) in [6.45, 7) is 7.63. The number of rotatable bonds is 12. The van der Waals surface area contributed by atoms with Gasteiger partial charge in [0.15, 0.2) is 0 Å². The van der Waals surface area contributed by atoms with E-state index in [1.807, 2.05) is 37.5 Å². The van der Waals surface area contributed by atoms with Crippen LogP contribution >= 0.6 is 0 Å². The summed E-state index contributed by atoms with van der Waals surface area (Å²) in [4.78, 5) is 17.8. The minimum Gasteiger partial charge on any atom is -0.497 e. The molecule has 0 aliphatic rings. The first-order chi connectivity index (χ1) is 17.5. The smallest absolute Gasteiger partial charge is 0.121 e. The number of benzene rings is 2. The van der Waals surface area contributed by atoms with Crippen molar-refractivity contribution < 1.29 is 14.2 Å². The summed E-state index contributed by atoms with van der Waals surface area (Å²) >= 11 is 0. The zero-order valence-electron chi connectivity index (χ0n) is 21.3. The molecule has 4 aromatic rings. The van der Waals surface area contributed by atoms with Gasteiger partial charge >= 0.3 is 0 Å². The van der Waals surface area contributed by atoms with Crippen molar-refractivity contribution >= 4 is 22.4 Å². The van der Waals surface area contributed by atoms with Crippen molar-refractivity contribution in [3.8, 4) is 17.0 Å². The Kier molecular flexibility index (Phi) is 8.45. The number of methoxy groups -OCH3 is 1. The maximum Gasteiger partial charge on any atom is 0.121 e. The zero-order chi connectivity index (χ0) is 25.5. The maximum atomic E-state index is 12.5. The molecule has 0 aliphatic heterocycles. The van der Waals surface area contributed by atoms with E-state index in [0.29, 0.717) is 13.0 Å². The van der Waals surface area contributed by atoms with Crippen LogP contribution in [0.5, 0.6) is 5.75 Å². The van der Waals surface area contributed by atoms with Gasteiger partial charge in [0, 0.05) is 49.3 Å². The first-order valence-electron chi connectivity index (χ1n) is 12.2. The predicted molar refractivity (Wildman–Crippen MR) is 140 cm³/mol. The van der Waals surface area contributed by atoms with Crippen LogP contribution in [-0.4, -0.2) is 58.0 Å². The molecule has 36 heavy (non-hydrogen) atoms. The lowest BCUT2D eigenvalue weighted by atomic mass is 10.1. The second-order valence-electron chi connectivity index (χ2n) is 8.65. The van der Waals surface area contributed by atoms with Gasteiger partial charge < -0.3 is 9.64 Å². The van der Waals surface area contributed by atoms with E-state index >= 15 is 0 Å². The summed E-state index contributed by atoms with van der Waals surface area (Å²) in [5.41, 5.74) is 6.28. The van der Waals surface area contributed by atoms with Gasteiger partial charge in [-0.15, -0.1) is 0 Å². The van der Waals surface area contributed by atoms with E-state index in [-0.39, 0.29) is 6.61 Å². The number of fused-ring (bicyclic) bond motifs is 1. The molecule has 0 spiro atoms. The number of aryl methyl sites for hydroxylation is 1. The van der Waals surface area contributed by atoms with Crippen molar-refractivity contribution in [2.75, 3.05) is 38.3 Å². The van der Waals surface area contributed by atoms with Crippen LogP contribution in [0.25, 0.3) is 22.3 Å². The van der Waals surface area contributed by atoms with Crippen molar-refractivity contribution in [1.82, 2.24) is 24.6 Å². The van der Waals surface area contributed by atoms with E-state index in [1.54, 1.807) is 24.2 Å². The third-order valence-corrected chi connectivity index (χ3v) is 6.24. The topological polar surface area (TPSA) is 68.5 Å². The molecule has 8 nitrogen and oxygen atoms in total. The largest absolute Gasteiger partial charge is 0.497 e. The second-order valence-corrected chi connectivity index (χ2v) is 8.65. The molecule has 0 atom stereocenters. The quantitative estimate of drug-likeness (QED) is 0.248. The van der Waals surface area contributed by atoms with Crippen molar-refractivity contribution in [2.45, 2.75) is 26.8 Å². The fourth-order valence-corrected chi connectivity index (χ4v) is 4.26. The lowest BCUT2D eigenvalue weighted by Crippen LogP contribution is -2.23. The summed E-state index contributed by atoms with van der Waals surface area (Å²) in [6.07, 6.45) is 5.96. The normalized spacial score (nSPS) is 11.4. The van der Waals surface area contributed by atoms with Gasteiger partial charge in [-0.3, -0.25) is 14.6 Å². The summed E-state index contributed by atoms with van der Waals surface area (Å²) in [5, 5.41) is 4.24. The van der Waals surface area contributed by atoms with Gasteiger partial charge in [0.05, 0.1) is 42.8 Å². The Morgan fingerprint density at radius 2 is 1.83 bits per heavy atom. The van der Waals surface area contributed by atoms with E-state index < -0.39 is 0 Å².